The number of hydrazone groups is 1. The summed E-state index contributed by atoms with van der Waals surface area (Å²) in [7, 11) is 1.62. The van der Waals surface area contributed by atoms with Gasteiger partial charge in [-0.15, -0.1) is 0 Å². The lowest BCUT2D eigenvalue weighted by molar-refractivity contribution is -0.131. The Bertz CT molecular complexity index is 1100. The Morgan fingerprint density at radius 3 is 2.80 bits per heavy atom. The van der Waals surface area contributed by atoms with Crippen LogP contribution in [0.3, 0.4) is 0 Å². The predicted molar refractivity (Wildman–Crippen MR) is 112 cm³/mol. The van der Waals surface area contributed by atoms with Crippen molar-refractivity contribution in [3.8, 4) is 11.8 Å². The van der Waals surface area contributed by atoms with Gasteiger partial charge in [0.2, 0.25) is 0 Å². The van der Waals surface area contributed by atoms with Crippen LogP contribution in [0, 0.1) is 11.3 Å². The number of rotatable bonds is 6. The summed E-state index contributed by atoms with van der Waals surface area (Å²) in [6, 6.07) is 20.0. The molecule has 150 valence electrons. The number of nitrogens with zero attached hydrogens (tertiary/aromatic N) is 3. The molecule has 1 atom stereocenters. The van der Waals surface area contributed by atoms with Crippen molar-refractivity contribution >= 4 is 17.3 Å². The zero-order valence-corrected chi connectivity index (χ0v) is 16.4. The number of anilines is 1. The fourth-order valence-electron chi connectivity index (χ4n) is 3.36. The van der Waals surface area contributed by atoms with Gasteiger partial charge >= 0.3 is 0 Å². The van der Waals surface area contributed by atoms with Gasteiger partial charge in [0.25, 0.3) is 5.91 Å². The predicted octanol–water partition coefficient (Wildman–Crippen LogP) is 3.95. The molecule has 7 nitrogen and oxygen atoms in total. The van der Waals surface area contributed by atoms with Crippen molar-refractivity contribution < 1.29 is 13.9 Å². The second-order valence-corrected chi connectivity index (χ2v) is 6.80. The number of hydrogen-bond donors (Lipinski definition) is 1. The molecule has 4 rings (SSSR count). The van der Waals surface area contributed by atoms with Gasteiger partial charge in [-0.25, -0.2) is 5.01 Å². The number of carbonyl (C=O) groups excluding carboxylic acids is 1. The Morgan fingerprint density at radius 2 is 2.10 bits per heavy atom. The number of nitriles is 1. The highest BCUT2D eigenvalue weighted by atomic mass is 16.5. The van der Waals surface area contributed by atoms with Gasteiger partial charge < -0.3 is 14.5 Å². The average Bonchev–Trinajstić information content (AvgIpc) is 3.47. The van der Waals surface area contributed by atoms with Gasteiger partial charge in [-0.05, 0) is 60.2 Å². The highest BCUT2D eigenvalue weighted by molar-refractivity contribution is 6.03. The Balaban J connectivity index is 1.54. The monoisotopic (exact) mass is 400 g/mol. The summed E-state index contributed by atoms with van der Waals surface area (Å²) in [6.45, 7) is 0.0471. The van der Waals surface area contributed by atoms with Crippen molar-refractivity contribution in [2.24, 2.45) is 5.10 Å². The van der Waals surface area contributed by atoms with Crippen LogP contribution in [0.25, 0.3) is 0 Å². The maximum absolute atomic E-state index is 13.0. The van der Waals surface area contributed by atoms with E-state index in [0.29, 0.717) is 23.4 Å². The van der Waals surface area contributed by atoms with E-state index >= 15 is 0 Å². The standard InChI is InChI=1S/C23H20N4O3/c1-29-19-9-7-17(8-10-19)20-13-21(22-6-3-11-30-22)27(26-20)23(28)15-25-18-5-2-4-16(12-18)14-24/h2-12,21,25H,13,15H2,1H3/t21-/m1/s1. The minimum absolute atomic E-state index is 0.0471. The largest absolute Gasteiger partial charge is 0.497 e. The minimum atomic E-state index is -0.308. The highest BCUT2D eigenvalue weighted by Gasteiger charge is 2.34. The van der Waals surface area contributed by atoms with Crippen molar-refractivity contribution in [2.45, 2.75) is 12.5 Å². The third kappa shape index (κ3) is 4.03. The maximum atomic E-state index is 13.0. The maximum Gasteiger partial charge on any atom is 0.262 e. The number of methoxy groups -OCH3 is 1. The number of ether oxygens (including phenoxy) is 1. The van der Waals surface area contributed by atoms with E-state index in [2.05, 4.69) is 16.5 Å². The van der Waals surface area contributed by atoms with Gasteiger partial charge in [-0.1, -0.05) is 6.07 Å². The van der Waals surface area contributed by atoms with Gasteiger partial charge in [-0.3, -0.25) is 4.79 Å². The first kappa shape index (κ1) is 19.3. The molecule has 0 bridgehead atoms. The number of amides is 1. The summed E-state index contributed by atoms with van der Waals surface area (Å²) in [6.07, 6.45) is 2.14. The SMILES string of the molecule is COc1ccc(C2=NN(C(=O)CNc3cccc(C#N)c3)[C@@H](c3ccco3)C2)cc1. The molecule has 1 amide bonds. The summed E-state index contributed by atoms with van der Waals surface area (Å²) in [5.74, 6) is 1.25. The Kier molecular flexibility index (Phi) is 5.48. The van der Waals surface area contributed by atoms with Crippen LogP contribution in [-0.4, -0.2) is 30.3 Å². The molecule has 2 heterocycles. The van der Waals surface area contributed by atoms with Gasteiger partial charge in [0.1, 0.15) is 17.6 Å². The van der Waals surface area contributed by atoms with Crippen LogP contribution in [0.1, 0.15) is 29.3 Å². The fraction of sp³-hybridized carbons (Fsp3) is 0.174. The lowest BCUT2D eigenvalue weighted by Gasteiger charge is -2.20. The van der Waals surface area contributed by atoms with Crippen molar-refractivity contribution in [3.05, 3.63) is 83.8 Å². The minimum Gasteiger partial charge on any atom is -0.497 e. The smallest absolute Gasteiger partial charge is 0.262 e. The third-order valence-corrected chi connectivity index (χ3v) is 4.90. The first-order valence-electron chi connectivity index (χ1n) is 9.49. The van der Waals surface area contributed by atoms with Gasteiger partial charge in [0.15, 0.2) is 0 Å². The number of hydrogen-bond acceptors (Lipinski definition) is 6. The Hall–Kier alpha value is -4.05. The van der Waals surface area contributed by atoms with E-state index in [0.717, 1.165) is 17.0 Å². The molecule has 0 saturated heterocycles. The van der Waals surface area contributed by atoms with E-state index in [1.54, 1.807) is 37.6 Å². The van der Waals surface area contributed by atoms with Crippen LogP contribution < -0.4 is 10.1 Å². The molecule has 2 aromatic carbocycles. The van der Waals surface area contributed by atoms with Gasteiger partial charge in [-0.2, -0.15) is 10.4 Å². The van der Waals surface area contributed by atoms with Crippen LogP contribution in [0.15, 0.2) is 76.4 Å². The fourth-order valence-corrected chi connectivity index (χ4v) is 3.36. The molecule has 30 heavy (non-hydrogen) atoms. The molecule has 0 radical (unpaired) electrons. The van der Waals surface area contributed by atoms with Crippen LogP contribution in [0.4, 0.5) is 5.69 Å². The first-order chi connectivity index (χ1) is 14.7. The van der Waals surface area contributed by atoms with Crippen molar-refractivity contribution in [1.29, 1.82) is 5.26 Å². The van der Waals surface area contributed by atoms with E-state index in [4.69, 9.17) is 14.4 Å². The quantitative estimate of drug-likeness (QED) is 0.677. The zero-order chi connectivity index (χ0) is 20.9. The molecular formula is C23H20N4O3. The van der Waals surface area contributed by atoms with Crippen LogP contribution in [0.5, 0.6) is 5.75 Å². The molecular weight excluding hydrogens is 380 g/mol. The summed E-state index contributed by atoms with van der Waals surface area (Å²) in [5, 5.41) is 18.2. The van der Waals surface area contributed by atoms with Crippen molar-refractivity contribution in [1.82, 2.24) is 5.01 Å². The van der Waals surface area contributed by atoms with E-state index in [9.17, 15) is 4.79 Å². The summed E-state index contributed by atoms with van der Waals surface area (Å²) >= 11 is 0. The van der Waals surface area contributed by atoms with Crippen molar-refractivity contribution in [2.75, 3.05) is 19.0 Å². The lowest BCUT2D eigenvalue weighted by Crippen LogP contribution is -2.32. The number of nitrogens with one attached hydrogen (secondary N) is 1. The lowest BCUT2D eigenvalue weighted by atomic mass is 10.0. The Morgan fingerprint density at radius 1 is 1.27 bits per heavy atom. The molecule has 0 aliphatic carbocycles. The normalized spacial score (nSPS) is 15.4. The molecule has 1 aliphatic rings. The molecule has 7 heteroatoms. The molecule has 1 aromatic heterocycles. The Labute approximate surface area is 174 Å². The van der Waals surface area contributed by atoms with Gasteiger partial charge in [0.05, 0.1) is 37.3 Å². The molecule has 0 fully saturated rings. The van der Waals surface area contributed by atoms with Gasteiger partial charge in [0, 0.05) is 12.1 Å². The second-order valence-electron chi connectivity index (χ2n) is 6.80. The summed E-state index contributed by atoms with van der Waals surface area (Å²) < 4.78 is 10.8. The zero-order valence-electron chi connectivity index (χ0n) is 16.4. The van der Waals surface area contributed by atoms with E-state index in [1.807, 2.05) is 36.4 Å². The molecule has 0 saturated carbocycles. The first-order valence-corrected chi connectivity index (χ1v) is 9.49. The number of carbonyl (C=O) groups is 1. The van der Waals surface area contributed by atoms with E-state index in [-0.39, 0.29) is 18.5 Å². The van der Waals surface area contributed by atoms with E-state index < -0.39 is 0 Å². The van der Waals surface area contributed by atoms with E-state index in [1.165, 1.54) is 5.01 Å². The van der Waals surface area contributed by atoms with Crippen LogP contribution >= 0.6 is 0 Å². The number of benzene rings is 2. The topological polar surface area (TPSA) is 90.9 Å². The summed E-state index contributed by atoms with van der Waals surface area (Å²) in [4.78, 5) is 13.0. The molecule has 0 unspecified atom stereocenters. The van der Waals surface area contributed by atoms with Crippen LogP contribution in [0.2, 0.25) is 0 Å². The van der Waals surface area contributed by atoms with Crippen LogP contribution in [-0.2, 0) is 4.79 Å². The second kappa shape index (κ2) is 8.53. The molecule has 1 N–H and O–H groups in total. The summed E-state index contributed by atoms with van der Waals surface area (Å²) in [5.41, 5.74) is 2.97. The highest BCUT2D eigenvalue weighted by Crippen LogP contribution is 2.33. The molecule has 0 spiro atoms. The number of furan rings is 1. The third-order valence-electron chi connectivity index (χ3n) is 4.90. The van der Waals surface area contributed by atoms with Crippen molar-refractivity contribution in [3.63, 3.8) is 0 Å². The molecule has 3 aromatic rings. The average molecular weight is 400 g/mol. The molecule has 1 aliphatic heterocycles.